The van der Waals surface area contributed by atoms with Gasteiger partial charge in [0.05, 0.1) is 21.8 Å². The Morgan fingerprint density at radius 3 is 2.16 bits per heavy atom. The molecule has 0 amide bonds. The highest BCUT2D eigenvalue weighted by atomic mass is 32.1. The van der Waals surface area contributed by atoms with Crippen LogP contribution < -0.4 is 25.9 Å². The van der Waals surface area contributed by atoms with Crippen molar-refractivity contribution in [1.82, 2.24) is 0 Å². The van der Waals surface area contributed by atoms with E-state index in [9.17, 15) is 0 Å². The highest BCUT2D eigenvalue weighted by Gasteiger charge is 2.36. The van der Waals surface area contributed by atoms with E-state index in [1.807, 2.05) is 11.3 Å². The summed E-state index contributed by atoms with van der Waals surface area (Å²) in [5, 5.41) is 8.87. The number of hydrogen-bond acceptors (Lipinski definition) is 4. The maximum Gasteiger partial charge on any atom is 0.198 e. The van der Waals surface area contributed by atoms with E-state index >= 15 is 0 Å². The highest BCUT2D eigenvalue weighted by molar-refractivity contribution is 7.26. The van der Waals surface area contributed by atoms with Crippen molar-refractivity contribution in [3.63, 3.8) is 0 Å². The van der Waals surface area contributed by atoms with Crippen molar-refractivity contribution in [3.05, 3.63) is 164 Å². The SMILES string of the molecule is B1c2cccc3c2N(c2ccccc2O3)c2c1c(-c1cc3ccccc3cc1Nc1ccc(-c3ccccc3)cc1)cc1c2sc2ccccc21. The summed E-state index contributed by atoms with van der Waals surface area (Å²) in [5.74, 6) is 1.78. The lowest BCUT2D eigenvalue weighted by molar-refractivity contribution is 0.477. The Balaban J connectivity index is 1.18. The van der Waals surface area contributed by atoms with E-state index in [2.05, 4.69) is 174 Å². The van der Waals surface area contributed by atoms with Crippen LogP contribution in [0.15, 0.2) is 164 Å². The molecule has 3 nitrogen and oxygen atoms in total. The minimum absolute atomic E-state index is 0.804. The number of para-hydroxylation sites is 3. The molecule has 3 heterocycles. The van der Waals surface area contributed by atoms with Crippen molar-refractivity contribution < 1.29 is 4.74 Å². The lowest BCUT2D eigenvalue weighted by atomic mass is 9.58. The number of thiophene rings is 1. The summed E-state index contributed by atoms with van der Waals surface area (Å²) >= 11 is 1.89. The van der Waals surface area contributed by atoms with Gasteiger partial charge in [0.2, 0.25) is 0 Å². The number of benzene rings is 8. The molecule has 8 aromatic carbocycles. The fraction of sp³-hybridized carbons (Fsp3) is 0. The minimum atomic E-state index is 0.804. The van der Waals surface area contributed by atoms with Gasteiger partial charge >= 0.3 is 0 Å². The molecule has 1 aromatic heterocycles. The normalized spacial score (nSPS) is 12.6. The molecule has 0 fully saturated rings. The number of nitrogens with zero attached hydrogens (tertiary/aromatic N) is 1. The van der Waals surface area contributed by atoms with Crippen molar-refractivity contribution in [2.75, 3.05) is 10.2 Å². The van der Waals surface area contributed by atoms with Gasteiger partial charge in [0.15, 0.2) is 18.8 Å². The second-order valence-corrected chi connectivity index (χ2v) is 14.4. The first-order valence-electron chi connectivity index (χ1n) is 17.4. The van der Waals surface area contributed by atoms with Crippen LogP contribution in [0.3, 0.4) is 0 Å². The molecule has 9 aromatic rings. The molecule has 0 spiro atoms. The van der Waals surface area contributed by atoms with Gasteiger partial charge in [-0.25, -0.2) is 0 Å². The van der Waals surface area contributed by atoms with Gasteiger partial charge in [-0.1, -0.05) is 115 Å². The largest absolute Gasteiger partial charge is 0.453 e. The molecule has 238 valence electrons. The first-order valence-corrected chi connectivity index (χ1v) is 18.2. The van der Waals surface area contributed by atoms with E-state index < -0.39 is 0 Å². The third-order valence-electron chi connectivity index (χ3n) is 10.4. The van der Waals surface area contributed by atoms with E-state index in [-0.39, 0.29) is 0 Å². The maximum atomic E-state index is 6.55. The first-order chi connectivity index (χ1) is 25.3. The molecule has 51 heavy (non-hydrogen) atoms. The Morgan fingerprint density at radius 2 is 1.27 bits per heavy atom. The molecular formula is C46H29BN2OS. The summed E-state index contributed by atoms with van der Waals surface area (Å²) in [6.07, 6.45) is 0. The van der Waals surface area contributed by atoms with Crippen LogP contribution in [-0.4, -0.2) is 7.28 Å². The van der Waals surface area contributed by atoms with Crippen molar-refractivity contribution >= 4 is 88.9 Å². The summed E-state index contributed by atoms with van der Waals surface area (Å²) in [6.45, 7) is 0. The van der Waals surface area contributed by atoms with Gasteiger partial charge in [0.25, 0.3) is 0 Å². The van der Waals surface area contributed by atoms with Gasteiger partial charge in [-0.2, -0.15) is 0 Å². The van der Waals surface area contributed by atoms with Crippen LogP contribution in [0, 0.1) is 0 Å². The monoisotopic (exact) mass is 668 g/mol. The molecule has 0 unspecified atom stereocenters. The average Bonchev–Trinajstić information content (AvgIpc) is 3.56. The number of anilines is 5. The Kier molecular flexibility index (Phi) is 6.22. The Labute approximate surface area is 300 Å². The minimum Gasteiger partial charge on any atom is -0.453 e. The van der Waals surface area contributed by atoms with Gasteiger partial charge in [0.1, 0.15) is 0 Å². The Bertz CT molecular complexity index is 2840. The number of fused-ring (bicyclic) bond motifs is 9. The van der Waals surface area contributed by atoms with Gasteiger partial charge in [-0.05, 0) is 87.5 Å². The predicted octanol–water partition coefficient (Wildman–Crippen LogP) is 11.6. The number of hydrogen-bond donors (Lipinski definition) is 1. The van der Waals surface area contributed by atoms with E-state index in [0.717, 1.165) is 41.5 Å². The quantitative estimate of drug-likeness (QED) is 0.189. The fourth-order valence-corrected chi connectivity index (χ4v) is 9.32. The van der Waals surface area contributed by atoms with Crippen molar-refractivity contribution in [2.45, 2.75) is 0 Å². The predicted molar refractivity (Wildman–Crippen MR) is 219 cm³/mol. The fourth-order valence-electron chi connectivity index (χ4n) is 8.07. The number of rotatable bonds is 4. The summed E-state index contributed by atoms with van der Waals surface area (Å²) in [4.78, 5) is 2.49. The van der Waals surface area contributed by atoms with Crippen molar-refractivity contribution in [3.8, 4) is 33.8 Å². The second kappa shape index (κ2) is 11.1. The van der Waals surface area contributed by atoms with E-state index in [1.165, 1.54) is 69.8 Å². The number of nitrogens with one attached hydrogen (secondary N) is 1. The summed E-state index contributed by atoms with van der Waals surface area (Å²) in [7, 11) is 0.804. The number of ether oxygens (including phenoxy) is 1. The zero-order valence-electron chi connectivity index (χ0n) is 27.6. The van der Waals surface area contributed by atoms with Gasteiger partial charge in [-0.15, -0.1) is 11.3 Å². The molecule has 5 heteroatoms. The third-order valence-corrected chi connectivity index (χ3v) is 11.6. The molecule has 0 bridgehead atoms. The van der Waals surface area contributed by atoms with Crippen molar-refractivity contribution in [1.29, 1.82) is 0 Å². The third kappa shape index (κ3) is 4.45. The zero-order valence-corrected chi connectivity index (χ0v) is 28.4. The van der Waals surface area contributed by atoms with Crippen LogP contribution in [0.1, 0.15) is 0 Å². The van der Waals surface area contributed by atoms with Crippen LogP contribution in [0.4, 0.5) is 28.4 Å². The molecule has 0 radical (unpaired) electrons. The highest BCUT2D eigenvalue weighted by Crippen LogP contribution is 2.54. The summed E-state index contributed by atoms with van der Waals surface area (Å²) < 4.78 is 9.15. The van der Waals surface area contributed by atoms with Crippen LogP contribution in [0.25, 0.3) is 53.2 Å². The maximum absolute atomic E-state index is 6.55. The van der Waals surface area contributed by atoms with Gasteiger partial charge in [0, 0.05) is 32.4 Å². The molecule has 0 atom stereocenters. The van der Waals surface area contributed by atoms with Crippen LogP contribution in [0.5, 0.6) is 11.5 Å². The van der Waals surface area contributed by atoms with Crippen LogP contribution in [-0.2, 0) is 0 Å². The molecule has 2 aliphatic rings. The van der Waals surface area contributed by atoms with E-state index in [4.69, 9.17) is 4.74 Å². The van der Waals surface area contributed by atoms with Gasteiger partial charge < -0.3 is 15.0 Å². The van der Waals surface area contributed by atoms with E-state index in [1.54, 1.807) is 0 Å². The van der Waals surface area contributed by atoms with Crippen LogP contribution in [0.2, 0.25) is 0 Å². The average molecular weight is 669 g/mol. The topological polar surface area (TPSA) is 24.5 Å². The lowest BCUT2D eigenvalue weighted by Crippen LogP contribution is -2.42. The molecule has 0 saturated heterocycles. The molecule has 11 rings (SSSR count). The molecule has 1 N–H and O–H groups in total. The smallest absolute Gasteiger partial charge is 0.198 e. The van der Waals surface area contributed by atoms with E-state index in [0.29, 0.717) is 0 Å². The molecular weight excluding hydrogens is 639 g/mol. The summed E-state index contributed by atoms with van der Waals surface area (Å²) in [5.41, 5.74) is 13.1. The second-order valence-electron chi connectivity index (χ2n) is 13.4. The molecule has 2 aliphatic heterocycles. The first kappa shape index (κ1) is 28.5. The standard InChI is InChI=1S/C46H29BN2OS/c1-2-11-28(12-3-1)29-21-23-32(24-22-29)48-38-26-31-14-5-4-13-30(31)25-34(38)35-27-36-33-15-6-9-20-42(33)51-46(36)45-43(35)47-37-16-10-19-41-44(37)49(45)39-17-7-8-18-40(39)50-41/h1-27,47-48H. The molecule has 0 saturated carbocycles. The zero-order chi connectivity index (χ0) is 33.5. The van der Waals surface area contributed by atoms with Crippen molar-refractivity contribution in [2.24, 2.45) is 0 Å². The Hall–Kier alpha value is -6.30. The summed E-state index contributed by atoms with van der Waals surface area (Å²) in [6, 6.07) is 59.0. The Morgan fingerprint density at radius 1 is 0.549 bits per heavy atom. The lowest BCUT2D eigenvalue weighted by Gasteiger charge is -2.39. The van der Waals surface area contributed by atoms with Crippen LogP contribution >= 0.6 is 11.3 Å². The van der Waals surface area contributed by atoms with Gasteiger partial charge in [-0.3, -0.25) is 0 Å². The molecule has 0 aliphatic carbocycles.